The van der Waals surface area contributed by atoms with Gasteiger partial charge in [-0.25, -0.2) is 13.4 Å². The minimum atomic E-state index is -3.74. The van der Waals surface area contributed by atoms with Gasteiger partial charge in [-0.05, 0) is 61.9 Å². The molecule has 154 valence electrons. The third kappa shape index (κ3) is 3.40. The highest BCUT2D eigenvalue weighted by atomic mass is 32.2. The molecule has 1 aliphatic carbocycles. The summed E-state index contributed by atoms with van der Waals surface area (Å²) in [6.45, 7) is 0.406. The fourth-order valence-electron chi connectivity index (χ4n) is 4.06. The first-order valence-electron chi connectivity index (χ1n) is 10.0. The summed E-state index contributed by atoms with van der Waals surface area (Å²) in [5.41, 5.74) is 3.10. The van der Waals surface area contributed by atoms with Crippen LogP contribution in [0.2, 0.25) is 0 Å². The predicted molar refractivity (Wildman–Crippen MR) is 118 cm³/mol. The lowest BCUT2D eigenvalue weighted by atomic mass is 10.0. The summed E-state index contributed by atoms with van der Waals surface area (Å²) in [5, 5.41) is 3.42. The number of fused-ring (bicyclic) bond motifs is 2. The minimum Gasteiger partial charge on any atom is -0.298 e. The van der Waals surface area contributed by atoms with Crippen LogP contribution in [0.15, 0.2) is 53.4 Å². The van der Waals surface area contributed by atoms with Crippen LogP contribution in [0.3, 0.4) is 0 Å². The molecule has 0 unspecified atom stereocenters. The number of nitrogens with zero attached hydrogens (tertiary/aromatic N) is 2. The van der Waals surface area contributed by atoms with Crippen LogP contribution in [0, 0.1) is 0 Å². The molecule has 0 saturated heterocycles. The Kier molecular flexibility index (Phi) is 4.83. The van der Waals surface area contributed by atoms with Crippen LogP contribution < -0.4 is 9.62 Å². The summed E-state index contributed by atoms with van der Waals surface area (Å²) >= 11 is 1.51. The second-order valence-electron chi connectivity index (χ2n) is 7.53. The van der Waals surface area contributed by atoms with Crippen LogP contribution >= 0.6 is 11.3 Å². The van der Waals surface area contributed by atoms with Crippen LogP contribution in [0.5, 0.6) is 0 Å². The smallest absolute Gasteiger partial charge is 0.264 e. The first kappa shape index (κ1) is 19.3. The number of aryl methyl sites for hydroxylation is 2. The molecule has 1 aromatic heterocycles. The SMILES string of the molecule is O=C(Nc1nc2c(s1)CCCC2)c1cccc(S(=O)(=O)N2CCc3ccccc32)c1. The molecule has 0 fully saturated rings. The first-order valence-corrected chi connectivity index (χ1v) is 12.3. The summed E-state index contributed by atoms with van der Waals surface area (Å²) < 4.78 is 27.9. The van der Waals surface area contributed by atoms with Gasteiger partial charge < -0.3 is 0 Å². The number of anilines is 2. The minimum absolute atomic E-state index is 0.116. The van der Waals surface area contributed by atoms with Crippen molar-refractivity contribution in [3.63, 3.8) is 0 Å². The quantitative estimate of drug-likeness (QED) is 0.666. The molecular weight excluding hydrogens is 418 g/mol. The summed E-state index contributed by atoms with van der Waals surface area (Å²) in [4.78, 5) is 18.7. The Morgan fingerprint density at radius 3 is 2.73 bits per heavy atom. The van der Waals surface area contributed by atoms with E-state index in [9.17, 15) is 13.2 Å². The summed E-state index contributed by atoms with van der Waals surface area (Å²) in [6.07, 6.45) is 4.93. The van der Waals surface area contributed by atoms with Gasteiger partial charge in [0.05, 0.1) is 16.3 Å². The maximum Gasteiger partial charge on any atom is 0.264 e. The van der Waals surface area contributed by atoms with Gasteiger partial charge in [0.2, 0.25) is 0 Å². The number of carbonyl (C=O) groups excluding carboxylic acids is 1. The van der Waals surface area contributed by atoms with Crippen molar-refractivity contribution in [1.82, 2.24) is 4.98 Å². The fraction of sp³-hybridized carbons (Fsp3) is 0.273. The highest BCUT2D eigenvalue weighted by molar-refractivity contribution is 7.92. The Morgan fingerprint density at radius 2 is 1.87 bits per heavy atom. The molecule has 0 saturated carbocycles. The first-order chi connectivity index (χ1) is 14.5. The summed E-state index contributed by atoms with van der Waals surface area (Å²) in [5.74, 6) is -0.347. The lowest BCUT2D eigenvalue weighted by molar-refractivity contribution is 0.102. The van der Waals surface area contributed by atoms with Gasteiger partial charge in [-0.1, -0.05) is 24.3 Å². The van der Waals surface area contributed by atoms with Crippen molar-refractivity contribution < 1.29 is 13.2 Å². The molecule has 6 nitrogen and oxygen atoms in total. The molecule has 5 rings (SSSR count). The molecule has 0 bridgehead atoms. The Labute approximate surface area is 179 Å². The molecule has 0 radical (unpaired) electrons. The van der Waals surface area contributed by atoms with E-state index in [0.29, 0.717) is 29.3 Å². The number of benzene rings is 2. The molecule has 8 heteroatoms. The third-order valence-corrected chi connectivity index (χ3v) is 8.48. The summed E-state index contributed by atoms with van der Waals surface area (Å²) in [7, 11) is -3.74. The third-order valence-electron chi connectivity index (χ3n) is 5.59. The zero-order chi connectivity index (χ0) is 20.7. The monoisotopic (exact) mass is 439 g/mol. The van der Waals surface area contributed by atoms with Gasteiger partial charge in [0.25, 0.3) is 15.9 Å². The van der Waals surface area contributed by atoms with E-state index in [1.807, 2.05) is 24.3 Å². The molecular formula is C22H21N3O3S2. The number of thiazole rings is 1. The molecule has 1 amide bonds. The molecule has 1 N–H and O–H groups in total. The van der Waals surface area contributed by atoms with Crippen molar-refractivity contribution in [3.8, 4) is 0 Å². The lowest BCUT2D eigenvalue weighted by Crippen LogP contribution is -2.29. The second-order valence-corrected chi connectivity index (χ2v) is 10.5. The topological polar surface area (TPSA) is 79.4 Å². The average molecular weight is 440 g/mol. The van der Waals surface area contributed by atoms with Crippen LogP contribution in [-0.4, -0.2) is 25.9 Å². The fourth-order valence-corrected chi connectivity index (χ4v) is 6.65. The number of hydrogen-bond acceptors (Lipinski definition) is 5. The van der Waals surface area contributed by atoms with Gasteiger partial charge in [-0.3, -0.25) is 14.4 Å². The van der Waals surface area contributed by atoms with Gasteiger partial charge >= 0.3 is 0 Å². The number of para-hydroxylation sites is 1. The zero-order valence-corrected chi connectivity index (χ0v) is 17.9. The van der Waals surface area contributed by atoms with E-state index < -0.39 is 10.0 Å². The van der Waals surface area contributed by atoms with Crippen molar-refractivity contribution in [1.29, 1.82) is 0 Å². The Bertz CT molecular complexity index is 1210. The van der Waals surface area contributed by atoms with E-state index in [1.54, 1.807) is 12.1 Å². The van der Waals surface area contributed by atoms with Crippen molar-refractivity contribution in [3.05, 3.63) is 70.2 Å². The number of nitrogens with one attached hydrogen (secondary N) is 1. The molecule has 1 aliphatic heterocycles. The van der Waals surface area contributed by atoms with Crippen LogP contribution in [0.25, 0.3) is 0 Å². The van der Waals surface area contributed by atoms with E-state index in [4.69, 9.17) is 0 Å². The van der Waals surface area contributed by atoms with Gasteiger partial charge in [-0.2, -0.15) is 0 Å². The van der Waals surface area contributed by atoms with Crippen molar-refractivity contribution in [2.24, 2.45) is 0 Å². The highest BCUT2D eigenvalue weighted by Crippen LogP contribution is 2.33. The van der Waals surface area contributed by atoms with Gasteiger partial charge in [0.1, 0.15) is 0 Å². The van der Waals surface area contributed by atoms with Crippen LogP contribution in [0.1, 0.15) is 39.3 Å². The van der Waals surface area contributed by atoms with E-state index in [0.717, 1.165) is 36.9 Å². The van der Waals surface area contributed by atoms with E-state index in [2.05, 4.69) is 10.3 Å². The van der Waals surface area contributed by atoms with Gasteiger partial charge in [0, 0.05) is 17.0 Å². The van der Waals surface area contributed by atoms with E-state index in [1.165, 1.54) is 32.7 Å². The number of hydrogen-bond donors (Lipinski definition) is 1. The molecule has 0 atom stereocenters. The number of sulfonamides is 1. The number of rotatable bonds is 4. The number of amides is 1. The van der Waals surface area contributed by atoms with Crippen LogP contribution in [0.4, 0.5) is 10.8 Å². The largest absolute Gasteiger partial charge is 0.298 e. The maximum absolute atomic E-state index is 13.2. The molecule has 2 aliphatic rings. The molecule has 2 aromatic carbocycles. The second kappa shape index (κ2) is 7.52. The van der Waals surface area contributed by atoms with E-state index >= 15 is 0 Å². The molecule has 30 heavy (non-hydrogen) atoms. The lowest BCUT2D eigenvalue weighted by Gasteiger charge is -2.19. The number of carbonyl (C=O) groups is 1. The number of aromatic nitrogens is 1. The Hall–Kier alpha value is -2.71. The van der Waals surface area contributed by atoms with Crippen molar-refractivity contribution >= 4 is 38.1 Å². The standard InChI is InChI=1S/C22H21N3O3S2/c26-21(24-22-23-18-9-2-4-11-20(18)29-22)16-7-5-8-17(14-16)30(27,28)25-13-12-15-6-1-3-10-19(15)25/h1,3,5-8,10,14H,2,4,9,11-13H2,(H,23,24,26). The van der Waals surface area contributed by atoms with Gasteiger partial charge in [0.15, 0.2) is 5.13 Å². The maximum atomic E-state index is 13.2. The normalized spacial score (nSPS) is 15.5. The Balaban J connectivity index is 1.40. The Morgan fingerprint density at radius 1 is 1.03 bits per heavy atom. The average Bonchev–Trinajstić information content (AvgIpc) is 3.37. The molecule has 0 spiro atoms. The van der Waals surface area contributed by atoms with Gasteiger partial charge in [-0.15, -0.1) is 11.3 Å². The highest BCUT2D eigenvalue weighted by Gasteiger charge is 2.31. The summed E-state index contributed by atoms with van der Waals surface area (Å²) in [6, 6.07) is 13.7. The molecule has 2 heterocycles. The van der Waals surface area contributed by atoms with Crippen LogP contribution in [-0.2, 0) is 29.3 Å². The molecule has 3 aromatic rings. The van der Waals surface area contributed by atoms with Crippen molar-refractivity contribution in [2.75, 3.05) is 16.2 Å². The predicted octanol–water partition coefficient (Wildman–Crippen LogP) is 4.03. The van der Waals surface area contributed by atoms with E-state index in [-0.39, 0.29) is 10.8 Å². The van der Waals surface area contributed by atoms with Crippen molar-refractivity contribution in [2.45, 2.75) is 37.0 Å². The zero-order valence-electron chi connectivity index (χ0n) is 16.3.